The molecule has 82 valence electrons. The lowest BCUT2D eigenvalue weighted by Gasteiger charge is -2.14. The van der Waals surface area contributed by atoms with Crippen LogP contribution in [0.15, 0.2) is 0 Å². The molecule has 0 spiro atoms. The van der Waals surface area contributed by atoms with E-state index in [1.54, 1.807) is 0 Å². The van der Waals surface area contributed by atoms with Crippen LogP contribution in [0.1, 0.15) is 19.8 Å². The summed E-state index contributed by atoms with van der Waals surface area (Å²) in [5.41, 5.74) is 5.89. The normalized spacial score (nSPS) is 27.9. The highest BCUT2D eigenvalue weighted by Gasteiger charge is 2.25. The van der Waals surface area contributed by atoms with Crippen molar-refractivity contribution in [3.05, 3.63) is 0 Å². The van der Waals surface area contributed by atoms with E-state index in [9.17, 15) is 4.79 Å². The summed E-state index contributed by atoms with van der Waals surface area (Å²) in [7, 11) is 1.43. The lowest BCUT2D eigenvalue weighted by molar-refractivity contribution is -0.140. The van der Waals surface area contributed by atoms with Crippen LogP contribution < -0.4 is 5.73 Å². The smallest absolute Gasteiger partial charge is 0.305 e. The molecule has 0 aromatic heterocycles. The summed E-state index contributed by atoms with van der Waals surface area (Å²) >= 11 is 0. The van der Waals surface area contributed by atoms with E-state index >= 15 is 0 Å². The van der Waals surface area contributed by atoms with Crippen LogP contribution in [0.25, 0.3) is 0 Å². The second-order valence-electron chi connectivity index (χ2n) is 4.08. The first-order chi connectivity index (χ1) is 6.63. The van der Waals surface area contributed by atoms with Crippen LogP contribution in [0.3, 0.4) is 0 Å². The number of nitrogens with zero attached hydrogens (tertiary/aromatic N) is 1. The number of hydrogen-bond acceptors (Lipinski definition) is 4. The van der Waals surface area contributed by atoms with E-state index < -0.39 is 0 Å². The third-order valence-electron chi connectivity index (χ3n) is 2.83. The predicted molar refractivity (Wildman–Crippen MR) is 54.8 cm³/mol. The first-order valence-corrected chi connectivity index (χ1v) is 5.18. The van der Waals surface area contributed by atoms with E-state index in [2.05, 4.69) is 16.6 Å². The zero-order valence-electron chi connectivity index (χ0n) is 9.03. The molecule has 0 amide bonds. The zero-order chi connectivity index (χ0) is 10.6. The molecule has 14 heavy (non-hydrogen) atoms. The van der Waals surface area contributed by atoms with E-state index in [4.69, 9.17) is 5.73 Å². The van der Waals surface area contributed by atoms with Crippen LogP contribution in [0, 0.1) is 5.92 Å². The Balaban J connectivity index is 2.11. The maximum absolute atomic E-state index is 10.8. The highest BCUT2D eigenvalue weighted by Crippen LogP contribution is 2.14. The van der Waals surface area contributed by atoms with Crippen molar-refractivity contribution < 1.29 is 9.53 Å². The Bertz CT molecular complexity index is 187. The second-order valence-corrected chi connectivity index (χ2v) is 4.08. The van der Waals surface area contributed by atoms with E-state index in [1.807, 2.05) is 0 Å². The quantitative estimate of drug-likeness (QED) is 0.659. The summed E-state index contributed by atoms with van der Waals surface area (Å²) in [6.45, 7) is 5.14. The molecular weight excluding hydrogens is 180 g/mol. The molecule has 2 atom stereocenters. The van der Waals surface area contributed by atoms with Crippen molar-refractivity contribution >= 4 is 5.97 Å². The van der Waals surface area contributed by atoms with Gasteiger partial charge in [0.1, 0.15) is 0 Å². The molecule has 1 heterocycles. The topological polar surface area (TPSA) is 55.6 Å². The predicted octanol–water partition coefficient (Wildman–Crippen LogP) is 0.219. The maximum Gasteiger partial charge on any atom is 0.305 e. The number of rotatable bonds is 4. The largest absolute Gasteiger partial charge is 0.469 e. The van der Waals surface area contributed by atoms with E-state index in [0.29, 0.717) is 18.4 Å². The van der Waals surface area contributed by atoms with Gasteiger partial charge in [0.25, 0.3) is 0 Å². The molecule has 4 heteroatoms. The molecule has 1 rings (SSSR count). The van der Waals surface area contributed by atoms with E-state index in [1.165, 1.54) is 7.11 Å². The Morgan fingerprint density at radius 1 is 1.57 bits per heavy atom. The minimum Gasteiger partial charge on any atom is -0.469 e. The van der Waals surface area contributed by atoms with Gasteiger partial charge in [0.15, 0.2) is 0 Å². The third-order valence-corrected chi connectivity index (χ3v) is 2.83. The Labute approximate surface area is 85.4 Å². The monoisotopic (exact) mass is 200 g/mol. The van der Waals surface area contributed by atoms with Gasteiger partial charge in [-0.3, -0.25) is 4.79 Å². The van der Waals surface area contributed by atoms with Gasteiger partial charge < -0.3 is 15.4 Å². The van der Waals surface area contributed by atoms with Crippen molar-refractivity contribution in [1.29, 1.82) is 0 Å². The Morgan fingerprint density at radius 3 is 2.79 bits per heavy atom. The molecule has 1 aliphatic heterocycles. The number of methoxy groups -OCH3 is 1. The van der Waals surface area contributed by atoms with Crippen LogP contribution in [-0.4, -0.2) is 43.7 Å². The van der Waals surface area contributed by atoms with Crippen molar-refractivity contribution in [3.63, 3.8) is 0 Å². The summed E-state index contributed by atoms with van der Waals surface area (Å²) in [4.78, 5) is 13.2. The highest BCUT2D eigenvalue weighted by molar-refractivity contribution is 5.69. The highest BCUT2D eigenvalue weighted by atomic mass is 16.5. The van der Waals surface area contributed by atoms with Crippen molar-refractivity contribution in [2.45, 2.75) is 25.8 Å². The fourth-order valence-corrected chi connectivity index (χ4v) is 1.83. The van der Waals surface area contributed by atoms with Gasteiger partial charge in [-0.25, -0.2) is 0 Å². The molecule has 0 aliphatic carbocycles. The fraction of sp³-hybridized carbons (Fsp3) is 0.900. The van der Waals surface area contributed by atoms with Crippen molar-refractivity contribution in [2.75, 3.05) is 26.7 Å². The molecular formula is C10H20N2O2. The van der Waals surface area contributed by atoms with Gasteiger partial charge >= 0.3 is 5.97 Å². The van der Waals surface area contributed by atoms with Crippen molar-refractivity contribution in [1.82, 2.24) is 4.90 Å². The van der Waals surface area contributed by atoms with E-state index in [-0.39, 0.29) is 5.97 Å². The fourth-order valence-electron chi connectivity index (χ4n) is 1.83. The molecule has 1 fully saturated rings. The summed E-state index contributed by atoms with van der Waals surface area (Å²) in [6.07, 6.45) is 1.38. The van der Waals surface area contributed by atoms with Gasteiger partial charge in [-0.05, 0) is 18.9 Å². The Morgan fingerprint density at radius 2 is 2.29 bits per heavy atom. The summed E-state index contributed by atoms with van der Waals surface area (Å²) in [6, 6.07) is 0.299. The molecule has 2 N–H and O–H groups in total. The number of ether oxygens (including phenoxy) is 1. The third kappa shape index (κ3) is 3.27. The average molecular weight is 200 g/mol. The minimum atomic E-state index is -0.124. The van der Waals surface area contributed by atoms with Crippen LogP contribution in [0.5, 0.6) is 0 Å². The number of nitrogens with two attached hydrogens (primary N) is 1. The first kappa shape index (κ1) is 11.5. The van der Waals surface area contributed by atoms with Crippen LogP contribution in [0.2, 0.25) is 0 Å². The molecule has 2 unspecified atom stereocenters. The molecule has 0 radical (unpaired) electrons. The Hall–Kier alpha value is -0.610. The van der Waals surface area contributed by atoms with Crippen LogP contribution in [0.4, 0.5) is 0 Å². The SMILES string of the molecule is COC(=O)CCCN1CC(C)C(N)C1. The van der Waals surface area contributed by atoms with Crippen LogP contribution >= 0.6 is 0 Å². The van der Waals surface area contributed by atoms with E-state index in [0.717, 1.165) is 26.1 Å². The first-order valence-electron chi connectivity index (χ1n) is 5.18. The average Bonchev–Trinajstić information content (AvgIpc) is 2.46. The lowest BCUT2D eigenvalue weighted by Crippen LogP contribution is -2.29. The molecule has 0 bridgehead atoms. The van der Waals surface area contributed by atoms with Crippen molar-refractivity contribution in [3.8, 4) is 0 Å². The molecule has 1 saturated heterocycles. The van der Waals surface area contributed by atoms with Crippen LogP contribution in [-0.2, 0) is 9.53 Å². The zero-order valence-corrected chi connectivity index (χ0v) is 9.03. The summed E-state index contributed by atoms with van der Waals surface area (Å²) < 4.78 is 4.58. The van der Waals surface area contributed by atoms with Gasteiger partial charge in [-0.15, -0.1) is 0 Å². The Kier molecular flexibility index (Phi) is 4.35. The summed E-state index contributed by atoms with van der Waals surface area (Å²) in [5, 5.41) is 0. The maximum atomic E-state index is 10.8. The van der Waals surface area contributed by atoms with Gasteiger partial charge in [0.05, 0.1) is 7.11 Å². The molecule has 4 nitrogen and oxygen atoms in total. The molecule has 1 aliphatic rings. The number of hydrogen-bond donors (Lipinski definition) is 1. The molecule has 0 aromatic carbocycles. The number of carbonyl (C=O) groups excluding carboxylic acids is 1. The molecule has 0 aromatic rings. The second kappa shape index (κ2) is 5.32. The van der Waals surface area contributed by atoms with Gasteiger partial charge in [-0.1, -0.05) is 6.92 Å². The number of likely N-dealkylation sites (tertiary alicyclic amines) is 1. The van der Waals surface area contributed by atoms with Crippen molar-refractivity contribution in [2.24, 2.45) is 11.7 Å². The minimum absolute atomic E-state index is 0.124. The lowest BCUT2D eigenvalue weighted by atomic mass is 10.1. The summed E-state index contributed by atoms with van der Waals surface area (Å²) in [5.74, 6) is 0.453. The number of carbonyl (C=O) groups is 1. The van der Waals surface area contributed by atoms with Gasteiger partial charge in [0, 0.05) is 25.6 Å². The van der Waals surface area contributed by atoms with Gasteiger partial charge in [0.2, 0.25) is 0 Å². The molecule has 0 saturated carbocycles. The standard InChI is InChI=1S/C10H20N2O2/c1-8-6-12(7-9(8)11)5-3-4-10(13)14-2/h8-9H,3-7,11H2,1-2H3. The number of esters is 1. The van der Waals surface area contributed by atoms with Gasteiger partial charge in [-0.2, -0.15) is 0 Å².